The van der Waals surface area contributed by atoms with Crippen molar-refractivity contribution < 1.29 is 18.9 Å². The van der Waals surface area contributed by atoms with Crippen LogP contribution in [0.4, 0.5) is 5.69 Å². The lowest BCUT2D eigenvalue weighted by Crippen LogP contribution is -2.06. The number of ether oxygens (including phenoxy) is 1. The third-order valence-electron chi connectivity index (χ3n) is 3.31. The molecule has 0 amide bonds. The second-order valence-electron chi connectivity index (χ2n) is 5.04. The van der Waals surface area contributed by atoms with Gasteiger partial charge in [-0.2, -0.15) is 0 Å². The Hall–Kier alpha value is -3.22. The van der Waals surface area contributed by atoms with Gasteiger partial charge in [-0.3, -0.25) is 10.1 Å². The summed E-state index contributed by atoms with van der Waals surface area (Å²) in [6.45, 7) is 3.42. The van der Waals surface area contributed by atoms with E-state index in [0.29, 0.717) is 22.6 Å². The highest BCUT2D eigenvalue weighted by Gasteiger charge is 2.26. The van der Waals surface area contributed by atoms with Gasteiger partial charge in [0.2, 0.25) is 5.90 Å². The lowest BCUT2D eigenvalue weighted by molar-refractivity contribution is -0.385. The van der Waals surface area contributed by atoms with Crippen molar-refractivity contribution in [3.8, 4) is 0 Å². The van der Waals surface area contributed by atoms with Crippen LogP contribution < -0.4 is 0 Å². The smallest absolute Gasteiger partial charge is 0.363 e. The number of cyclic esters (lactones) is 1. The number of esters is 1. The van der Waals surface area contributed by atoms with Gasteiger partial charge < -0.3 is 9.15 Å². The van der Waals surface area contributed by atoms with Crippen molar-refractivity contribution >= 4 is 23.6 Å². The van der Waals surface area contributed by atoms with Crippen molar-refractivity contribution in [3.63, 3.8) is 0 Å². The summed E-state index contributed by atoms with van der Waals surface area (Å²) in [5.41, 5.74) is 0.915. The van der Waals surface area contributed by atoms with Crippen molar-refractivity contribution in [2.24, 2.45) is 4.99 Å². The first-order chi connectivity index (χ1) is 10.9. The number of nitrogens with zero attached hydrogens (tertiary/aromatic N) is 2. The van der Waals surface area contributed by atoms with E-state index in [1.54, 1.807) is 38.1 Å². The Balaban J connectivity index is 1.97. The molecule has 1 aliphatic heterocycles. The van der Waals surface area contributed by atoms with Gasteiger partial charge in [-0.05, 0) is 32.0 Å². The van der Waals surface area contributed by atoms with Crippen molar-refractivity contribution in [2.75, 3.05) is 0 Å². The molecule has 1 aromatic heterocycles. The number of nitro groups is 1. The number of aryl methyl sites for hydroxylation is 2. The zero-order valence-corrected chi connectivity index (χ0v) is 12.4. The summed E-state index contributed by atoms with van der Waals surface area (Å²) in [4.78, 5) is 26.5. The molecule has 23 heavy (non-hydrogen) atoms. The zero-order valence-electron chi connectivity index (χ0n) is 12.4. The van der Waals surface area contributed by atoms with E-state index in [9.17, 15) is 14.9 Å². The quantitative estimate of drug-likeness (QED) is 0.375. The third-order valence-corrected chi connectivity index (χ3v) is 3.31. The van der Waals surface area contributed by atoms with E-state index in [4.69, 9.17) is 9.15 Å². The highest BCUT2D eigenvalue weighted by molar-refractivity contribution is 6.12. The molecule has 0 saturated carbocycles. The molecular formula is C16H12N2O5. The van der Waals surface area contributed by atoms with Crippen LogP contribution in [0, 0.1) is 24.0 Å². The maximum absolute atomic E-state index is 11.9. The summed E-state index contributed by atoms with van der Waals surface area (Å²) in [5, 5.41) is 11.0. The van der Waals surface area contributed by atoms with Crippen LogP contribution in [0.5, 0.6) is 0 Å². The van der Waals surface area contributed by atoms with Crippen LogP contribution >= 0.6 is 0 Å². The van der Waals surface area contributed by atoms with Gasteiger partial charge in [0.15, 0.2) is 5.70 Å². The van der Waals surface area contributed by atoms with Gasteiger partial charge in [0.25, 0.3) is 5.69 Å². The minimum atomic E-state index is -0.628. The van der Waals surface area contributed by atoms with Gasteiger partial charge in [0.1, 0.15) is 11.5 Å². The van der Waals surface area contributed by atoms with E-state index in [2.05, 4.69) is 4.99 Å². The fraction of sp³-hybridized carbons (Fsp3) is 0.125. The Morgan fingerprint density at radius 1 is 1.22 bits per heavy atom. The van der Waals surface area contributed by atoms with Gasteiger partial charge in [0, 0.05) is 23.3 Å². The highest BCUT2D eigenvalue weighted by Crippen LogP contribution is 2.24. The van der Waals surface area contributed by atoms with Crippen LogP contribution in [-0.2, 0) is 9.53 Å². The van der Waals surface area contributed by atoms with Crippen LogP contribution in [0.3, 0.4) is 0 Å². The van der Waals surface area contributed by atoms with Gasteiger partial charge >= 0.3 is 5.97 Å². The third kappa shape index (κ3) is 2.89. The fourth-order valence-corrected chi connectivity index (χ4v) is 2.14. The fourth-order valence-electron chi connectivity index (χ4n) is 2.14. The van der Waals surface area contributed by atoms with E-state index >= 15 is 0 Å². The predicted octanol–water partition coefficient (Wildman–Crippen LogP) is 3.15. The topological polar surface area (TPSA) is 94.9 Å². The van der Waals surface area contributed by atoms with E-state index in [-0.39, 0.29) is 17.3 Å². The second kappa shape index (κ2) is 5.53. The normalized spacial score (nSPS) is 15.7. The Labute approximate surface area is 131 Å². The van der Waals surface area contributed by atoms with E-state index in [1.165, 1.54) is 12.1 Å². The number of carbonyl (C=O) groups is 1. The molecule has 7 nitrogen and oxygen atoms in total. The van der Waals surface area contributed by atoms with Gasteiger partial charge in [-0.25, -0.2) is 9.79 Å². The molecule has 2 aromatic rings. The van der Waals surface area contributed by atoms with E-state index in [0.717, 1.165) is 0 Å². The number of aliphatic imine (C=N–C) groups is 1. The second-order valence-corrected chi connectivity index (χ2v) is 5.04. The predicted molar refractivity (Wildman–Crippen MR) is 81.9 cm³/mol. The summed E-state index contributed by atoms with van der Waals surface area (Å²) >= 11 is 0. The summed E-state index contributed by atoms with van der Waals surface area (Å²) in [5.74, 6) is 0.598. The summed E-state index contributed by atoms with van der Waals surface area (Å²) in [6.07, 6.45) is 1.46. The number of hydrogen-bond donors (Lipinski definition) is 0. The number of hydrogen-bond acceptors (Lipinski definition) is 6. The Kier molecular flexibility index (Phi) is 3.53. The minimum Gasteiger partial charge on any atom is -0.462 e. The van der Waals surface area contributed by atoms with Crippen LogP contribution in [0.2, 0.25) is 0 Å². The molecule has 0 saturated heterocycles. The molecule has 0 unspecified atom stereocenters. The first-order valence-corrected chi connectivity index (χ1v) is 6.78. The molecule has 0 aliphatic carbocycles. The maximum atomic E-state index is 11.9. The van der Waals surface area contributed by atoms with Gasteiger partial charge in [-0.1, -0.05) is 6.07 Å². The lowest BCUT2D eigenvalue weighted by atomic mass is 10.1. The highest BCUT2D eigenvalue weighted by atomic mass is 16.6. The molecule has 0 bridgehead atoms. The standard InChI is InChI=1S/C16H12N2O5/c1-9-3-5-11(7-14(9)18(20)21)15-17-13(16(19)23-15)8-12-6-4-10(2)22-12/h3-8H,1-2H3. The average Bonchev–Trinajstić information content (AvgIpc) is 3.06. The van der Waals surface area contributed by atoms with Crippen molar-refractivity contribution in [2.45, 2.75) is 13.8 Å². The first kappa shape index (κ1) is 14.7. The molecule has 0 spiro atoms. The van der Waals surface area contributed by atoms with E-state index in [1.807, 2.05) is 0 Å². The molecule has 2 heterocycles. The molecule has 0 atom stereocenters. The first-order valence-electron chi connectivity index (χ1n) is 6.78. The molecule has 116 valence electrons. The van der Waals surface area contributed by atoms with Gasteiger partial charge in [0.05, 0.1) is 4.92 Å². The molecule has 0 fully saturated rings. The summed E-state index contributed by atoms with van der Waals surface area (Å²) in [7, 11) is 0. The molecule has 3 rings (SSSR count). The zero-order chi connectivity index (χ0) is 16.6. The maximum Gasteiger partial charge on any atom is 0.363 e. The molecule has 0 radical (unpaired) electrons. The number of nitro benzene ring substituents is 1. The Bertz CT molecular complexity index is 876. The van der Waals surface area contributed by atoms with Crippen LogP contribution in [-0.4, -0.2) is 16.8 Å². The van der Waals surface area contributed by atoms with Crippen LogP contribution in [0.25, 0.3) is 6.08 Å². The summed E-state index contributed by atoms with van der Waals surface area (Å²) in [6, 6.07) is 8.01. The molecule has 7 heteroatoms. The largest absolute Gasteiger partial charge is 0.462 e. The van der Waals surface area contributed by atoms with Crippen LogP contribution in [0.1, 0.15) is 22.6 Å². The molecular weight excluding hydrogens is 300 g/mol. The molecule has 1 aliphatic rings. The monoisotopic (exact) mass is 312 g/mol. The Morgan fingerprint density at radius 3 is 2.65 bits per heavy atom. The minimum absolute atomic E-state index is 0.0348. The van der Waals surface area contributed by atoms with Gasteiger partial charge in [-0.15, -0.1) is 0 Å². The number of benzene rings is 1. The lowest BCUT2D eigenvalue weighted by Gasteiger charge is -2.01. The van der Waals surface area contributed by atoms with Crippen molar-refractivity contribution in [3.05, 3.63) is 68.8 Å². The van der Waals surface area contributed by atoms with Crippen molar-refractivity contribution in [1.29, 1.82) is 0 Å². The number of carbonyl (C=O) groups excluding carboxylic acids is 1. The number of rotatable bonds is 3. The van der Waals surface area contributed by atoms with Crippen LogP contribution in [0.15, 0.2) is 45.4 Å². The van der Waals surface area contributed by atoms with Crippen molar-refractivity contribution in [1.82, 2.24) is 0 Å². The summed E-state index contributed by atoms with van der Waals surface area (Å²) < 4.78 is 10.5. The van der Waals surface area contributed by atoms with E-state index < -0.39 is 10.9 Å². The molecule has 0 N–H and O–H groups in total. The Morgan fingerprint density at radius 2 is 2.00 bits per heavy atom. The number of furan rings is 1. The SMILES string of the molecule is Cc1ccc(C=C2N=C(c3ccc(C)c([N+](=O)[O-])c3)OC2=O)o1. The molecule has 1 aromatic carbocycles. The average molecular weight is 312 g/mol.